The van der Waals surface area contributed by atoms with E-state index in [9.17, 15) is 4.79 Å². The smallest absolute Gasteiger partial charge is 0.248 e. The van der Waals surface area contributed by atoms with Crippen LogP contribution >= 0.6 is 0 Å². The van der Waals surface area contributed by atoms with Crippen LogP contribution in [0.25, 0.3) is 0 Å². The first-order chi connectivity index (χ1) is 17.6. The maximum absolute atomic E-state index is 11.2. The number of amides is 1. The Morgan fingerprint density at radius 1 is 0.778 bits per heavy atom. The van der Waals surface area contributed by atoms with Gasteiger partial charge in [0.25, 0.3) is 0 Å². The molecule has 0 saturated heterocycles. The highest BCUT2D eigenvalue weighted by Crippen LogP contribution is 2.27. The van der Waals surface area contributed by atoms with E-state index in [1.807, 2.05) is 24.3 Å². The Hall–Kier alpha value is -3.89. The summed E-state index contributed by atoms with van der Waals surface area (Å²) in [4.78, 5) is 11.2. The Balaban J connectivity index is 1.25. The van der Waals surface area contributed by atoms with Crippen molar-refractivity contribution in [3.8, 4) is 5.75 Å². The Bertz CT molecular complexity index is 1170. The lowest BCUT2D eigenvalue weighted by atomic mass is 9.88. The maximum Gasteiger partial charge on any atom is 0.248 e. The zero-order valence-corrected chi connectivity index (χ0v) is 20.8. The molecular formula is C32H34N2O2. The highest BCUT2D eigenvalue weighted by Gasteiger charge is 2.14. The van der Waals surface area contributed by atoms with Crippen LogP contribution in [0.3, 0.4) is 0 Å². The van der Waals surface area contributed by atoms with Crippen LogP contribution in [-0.2, 0) is 13.0 Å². The van der Waals surface area contributed by atoms with Crippen molar-refractivity contribution in [3.05, 3.63) is 137 Å². The monoisotopic (exact) mass is 478 g/mol. The summed E-state index contributed by atoms with van der Waals surface area (Å²) in [5.41, 5.74) is 10.8. The Morgan fingerprint density at radius 2 is 1.33 bits per heavy atom. The molecule has 0 radical (unpaired) electrons. The number of hydrogen-bond donors (Lipinski definition) is 2. The van der Waals surface area contributed by atoms with Gasteiger partial charge in [0.1, 0.15) is 12.4 Å². The zero-order valence-electron chi connectivity index (χ0n) is 20.8. The molecule has 0 aromatic heterocycles. The van der Waals surface area contributed by atoms with Gasteiger partial charge in [0.15, 0.2) is 0 Å². The van der Waals surface area contributed by atoms with E-state index in [4.69, 9.17) is 10.5 Å². The first kappa shape index (κ1) is 25.2. The molecule has 0 aliphatic rings. The highest BCUT2D eigenvalue weighted by atomic mass is 16.5. The second-order valence-corrected chi connectivity index (χ2v) is 9.22. The van der Waals surface area contributed by atoms with Gasteiger partial charge in [-0.15, -0.1) is 0 Å². The van der Waals surface area contributed by atoms with Crippen molar-refractivity contribution in [2.45, 2.75) is 38.3 Å². The molecule has 36 heavy (non-hydrogen) atoms. The molecule has 184 valence electrons. The maximum atomic E-state index is 11.2. The topological polar surface area (TPSA) is 64.3 Å². The fraction of sp³-hybridized carbons (Fsp3) is 0.219. The summed E-state index contributed by atoms with van der Waals surface area (Å²) in [7, 11) is 0. The van der Waals surface area contributed by atoms with Crippen molar-refractivity contribution in [3.63, 3.8) is 0 Å². The second-order valence-electron chi connectivity index (χ2n) is 9.22. The van der Waals surface area contributed by atoms with Crippen molar-refractivity contribution in [2.24, 2.45) is 5.73 Å². The van der Waals surface area contributed by atoms with Gasteiger partial charge >= 0.3 is 0 Å². The number of primary amides is 1. The number of rotatable bonds is 12. The van der Waals surface area contributed by atoms with Crippen LogP contribution in [0.1, 0.15) is 51.9 Å². The van der Waals surface area contributed by atoms with Crippen molar-refractivity contribution in [2.75, 3.05) is 6.54 Å². The molecule has 0 fully saturated rings. The molecule has 4 aromatic carbocycles. The number of benzene rings is 4. The van der Waals surface area contributed by atoms with Gasteiger partial charge in [0.05, 0.1) is 0 Å². The van der Waals surface area contributed by atoms with Crippen LogP contribution in [0.4, 0.5) is 0 Å². The number of nitrogens with one attached hydrogen (secondary N) is 1. The quantitative estimate of drug-likeness (QED) is 0.258. The molecule has 4 nitrogen and oxygen atoms in total. The summed E-state index contributed by atoms with van der Waals surface area (Å²) in [5.74, 6) is 0.788. The van der Waals surface area contributed by atoms with Crippen molar-refractivity contribution in [1.29, 1.82) is 0 Å². The van der Waals surface area contributed by atoms with Crippen LogP contribution in [0.5, 0.6) is 5.75 Å². The van der Waals surface area contributed by atoms with Crippen LogP contribution in [0.15, 0.2) is 109 Å². The fourth-order valence-corrected chi connectivity index (χ4v) is 4.45. The molecule has 0 aliphatic carbocycles. The summed E-state index contributed by atoms with van der Waals surface area (Å²) >= 11 is 0. The Kier molecular flexibility index (Phi) is 8.90. The van der Waals surface area contributed by atoms with Gasteiger partial charge in [-0.25, -0.2) is 0 Å². The average molecular weight is 479 g/mol. The molecule has 0 aliphatic heterocycles. The number of ether oxygens (including phenoxy) is 1. The third-order valence-corrected chi connectivity index (χ3v) is 6.44. The molecule has 0 bridgehead atoms. The lowest BCUT2D eigenvalue weighted by Crippen LogP contribution is -2.30. The predicted octanol–water partition coefficient (Wildman–Crippen LogP) is 6.11. The van der Waals surface area contributed by atoms with E-state index in [1.54, 1.807) is 12.1 Å². The lowest BCUT2D eigenvalue weighted by molar-refractivity contribution is 0.1000. The van der Waals surface area contributed by atoms with Crippen LogP contribution in [-0.4, -0.2) is 18.5 Å². The molecule has 1 unspecified atom stereocenters. The van der Waals surface area contributed by atoms with Gasteiger partial charge in [-0.3, -0.25) is 4.79 Å². The summed E-state index contributed by atoms with van der Waals surface area (Å²) in [6.07, 6.45) is 2.00. The van der Waals surface area contributed by atoms with Gasteiger partial charge in [0, 0.05) is 17.5 Å². The van der Waals surface area contributed by atoms with E-state index < -0.39 is 5.91 Å². The Labute approximate surface area is 214 Å². The predicted molar refractivity (Wildman–Crippen MR) is 146 cm³/mol. The van der Waals surface area contributed by atoms with Gasteiger partial charge in [-0.05, 0) is 72.8 Å². The first-order valence-electron chi connectivity index (χ1n) is 12.5. The van der Waals surface area contributed by atoms with E-state index in [-0.39, 0.29) is 0 Å². The van der Waals surface area contributed by atoms with Crippen LogP contribution in [0.2, 0.25) is 0 Å². The third-order valence-electron chi connectivity index (χ3n) is 6.44. The lowest BCUT2D eigenvalue weighted by Gasteiger charge is -2.20. The van der Waals surface area contributed by atoms with Gasteiger partial charge in [0.2, 0.25) is 5.91 Å². The molecule has 4 rings (SSSR count). The molecule has 0 heterocycles. The van der Waals surface area contributed by atoms with E-state index in [0.717, 1.165) is 30.7 Å². The molecule has 1 atom stereocenters. The molecule has 1 amide bonds. The van der Waals surface area contributed by atoms with Gasteiger partial charge in [-0.2, -0.15) is 0 Å². The van der Waals surface area contributed by atoms with Crippen LogP contribution < -0.4 is 15.8 Å². The molecular weight excluding hydrogens is 444 g/mol. The fourth-order valence-electron chi connectivity index (χ4n) is 4.45. The van der Waals surface area contributed by atoms with E-state index >= 15 is 0 Å². The largest absolute Gasteiger partial charge is 0.489 e. The van der Waals surface area contributed by atoms with Crippen LogP contribution in [0, 0.1) is 0 Å². The van der Waals surface area contributed by atoms with Gasteiger partial charge in [-0.1, -0.05) is 84.9 Å². The third kappa shape index (κ3) is 7.30. The molecule has 0 spiro atoms. The number of nitrogens with two attached hydrogens (primary N) is 1. The van der Waals surface area contributed by atoms with E-state index in [2.05, 4.69) is 85.0 Å². The van der Waals surface area contributed by atoms with E-state index in [0.29, 0.717) is 24.1 Å². The van der Waals surface area contributed by atoms with Gasteiger partial charge < -0.3 is 15.8 Å². The van der Waals surface area contributed by atoms with Crippen molar-refractivity contribution < 1.29 is 9.53 Å². The minimum atomic E-state index is -0.422. The molecule has 4 aromatic rings. The zero-order chi connectivity index (χ0) is 25.2. The average Bonchev–Trinajstić information content (AvgIpc) is 2.92. The molecule has 0 saturated carbocycles. The second kappa shape index (κ2) is 12.7. The Morgan fingerprint density at radius 3 is 1.89 bits per heavy atom. The number of carbonyl (C=O) groups excluding carboxylic acids is 1. The van der Waals surface area contributed by atoms with Crippen molar-refractivity contribution >= 4 is 5.91 Å². The summed E-state index contributed by atoms with van der Waals surface area (Å²) in [6.45, 7) is 3.63. The van der Waals surface area contributed by atoms with Crippen molar-refractivity contribution in [1.82, 2.24) is 5.32 Å². The van der Waals surface area contributed by atoms with E-state index in [1.165, 1.54) is 16.7 Å². The summed E-state index contributed by atoms with van der Waals surface area (Å²) in [6, 6.07) is 37.3. The minimum Gasteiger partial charge on any atom is -0.489 e. The number of carbonyl (C=O) groups is 1. The normalized spacial score (nSPS) is 11.8. The summed E-state index contributed by atoms with van der Waals surface area (Å²) in [5, 5.41) is 3.71. The summed E-state index contributed by atoms with van der Waals surface area (Å²) < 4.78 is 5.90. The highest BCUT2D eigenvalue weighted by molar-refractivity contribution is 5.92. The minimum absolute atomic E-state index is 0.368. The molecule has 4 heteroatoms. The SMILES string of the molecule is CC(Cc1ccc(OCc2ccc(C(N)=O)cc2)cc1)NCCC(c1ccccc1)c1ccccc1. The first-order valence-corrected chi connectivity index (χ1v) is 12.5. The standard InChI is InChI=1S/C32H34N2O2/c1-24(34-21-20-31(27-8-4-2-5-9-27)28-10-6-3-7-11-28)22-25-14-18-30(19-15-25)36-23-26-12-16-29(17-13-26)32(33)35/h2-19,24,31,34H,20-23H2,1H3,(H2,33,35). The number of hydrogen-bond acceptors (Lipinski definition) is 3. The molecule has 3 N–H and O–H groups in total.